The van der Waals surface area contributed by atoms with Crippen LogP contribution in [0.25, 0.3) is 11.0 Å². The van der Waals surface area contributed by atoms with Crippen LogP contribution >= 0.6 is 15.9 Å². The summed E-state index contributed by atoms with van der Waals surface area (Å²) in [7, 11) is 0. The minimum Gasteiger partial charge on any atom is -0.305 e. The van der Waals surface area contributed by atoms with Gasteiger partial charge < -0.3 is 4.57 Å². The van der Waals surface area contributed by atoms with E-state index in [9.17, 15) is 4.39 Å². The number of fused-ring (bicyclic) bond motifs is 1. The van der Waals surface area contributed by atoms with Crippen LogP contribution in [0.4, 0.5) is 10.3 Å². The molecular formula is C14H12BrFN4. The Hall–Kier alpha value is -1.92. The van der Waals surface area contributed by atoms with Gasteiger partial charge in [-0.15, -0.1) is 0 Å². The molecule has 0 saturated carbocycles. The number of nitrogen functional groups attached to an aromatic ring is 1. The molecule has 0 atom stereocenters. The average molecular weight is 335 g/mol. The van der Waals surface area contributed by atoms with Crippen molar-refractivity contribution in [1.82, 2.24) is 9.55 Å². The molecule has 4 nitrogen and oxygen atoms in total. The number of nitrogens with zero attached hydrogens (tertiary/aromatic N) is 2. The Morgan fingerprint density at radius 1 is 1.25 bits per heavy atom. The fourth-order valence-electron chi connectivity index (χ4n) is 2.17. The number of halogens is 2. The number of imidazole rings is 1. The normalized spacial score (nSPS) is 10.9. The lowest BCUT2D eigenvalue weighted by molar-refractivity contribution is 0.601. The van der Waals surface area contributed by atoms with E-state index in [1.807, 2.05) is 34.9 Å². The first kappa shape index (κ1) is 13.1. The molecule has 3 N–H and O–H groups in total. The first-order chi connectivity index (χ1) is 9.69. The zero-order valence-electron chi connectivity index (χ0n) is 10.5. The topological polar surface area (TPSA) is 55.9 Å². The number of hydrazine groups is 1. The van der Waals surface area contributed by atoms with Crippen LogP contribution in [-0.2, 0) is 6.54 Å². The van der Waals surface area contributed by atoms with E-state index in [4.69, 9.17) is 5.84 Å². The average Bonchev–Trinajstić information content (AvgIpc) is 2.80. The van der Waals surface area contributed by atoms with E-state index in [0.717, 1.165) is 11.0 Å². The highest BCUT2D eigenvalue weighted by molar-refractivity contribution is 9.10. The van der Waals surface area contributed by atoms with Gasteiger partial charge in [0.15, 0.2) is 0 Å². The van der Waals surface area contributed by atoms with Crippen LogP contribution < -0.4 is 11.3 Å². The van der Waals surface area contributed by atoms with E-state index >= 15 is 0 Å². The number of benzene rings is 2. The second-order valence-electron chi connectivity index (χ2n) is 4.39. The highest BCUT2D eigenvalue weighted by Gasteiger charge is 2.11. The molecule has 3 aromatic rings. The Morgan fingerprint density at radius 3 is 2.80 bits per heavy atom. The smallest absolute Gasteiger partial charge is 0.218 e. The maximum Gasteiger partial charge on any atom is 0.218 e. The van der Waals surface area contributed by atoms with E-state index < -0.39 is 0 Å². The molecule has 0 aliphatic carbocycles. The summed E-state index contributed by atoms with van der Waals surface area (Å²) in [5.74, 6) is 5.74. The summed E-state index contributed by atoms with van der Waals surface area (Å²) in [6, 6.07) is 12.6. The highest BCUT2D eigenvalue weighted by Crippen LogP contribution is 2.22. The Balaban J connectivity index is 2.09. The summed E-state index contributed by atoms with van der Waals surface area (Å²) in [6.45, 7) is 0.360. The van der Waals surface area contributed by atoms with Gasteiger partial charge in [-0.25, -0.2) is 15.2 Å². The maximum absolute atomic E-state index is 14.0. The lowest BCUT2D eigenvalue weighted by atomic mass is 10.2. The van der Waals surface area contributed by atoms with E-state index in [2.05, 4.69) is 26.3 Å². The van der Waals surface area contributed by atoms with Gasteiger partial charge in [-0.3, -0.25) is 5.43 Å². The number of anilines is 1. The number of hydrogen-bond acceptors (Lipinski definition) is 3. The third kappa shape index (κ3) is 2.28. The SMILES string of the molecule is NNc1nc2ccccc2n1Cc1ccc(Br)cc1F. The van der Waals surface area contributed by atoms with Crippen molar-refractivity contribution >= 4 is 32.9 Å². The summed E-state index contributed by atoms with van der Waals surface area (Å²) in [5, 5.41) is 0. The molecule has 6 heteroatoms. The van der Waals surface area contributed by atoms with E-state index in [1.165, 1.54) is 6.07 Å². The van der Waals surface area contributed by atoms with Crippen molar-refractivity contribution in [1.29, 1.82) is 0 Å². The molecule has 0 radical (unpaired) electrons. The van der Waals surface area contributed by atoms with Crippen LogP contribution in [0.1, 0.15) is 5.56 Å². The van der Waals surface area contributed by atoms with Crippen LogP contribution in [0.2, 0.25) is 0 Å². The van der Waals surface area contributed by atoms with E-state index in [0.29, 0.717) is 22.5 Å². The minimum atomic E-state index is -0.264. The standard InChI is InChI=1S/C14H12BrFN4/c15-10-6-5-9(11(16)7-10)8-20-13-4-2-1-3-12(13)18-14(20)19-17/h1-7H,8,17H2,(H,18,19). The summed E-state index contributed by atoms with van der Waals surface area (Å²) in [4.78, 5) is 4.37. The van der Waals surface area contributed by atoms with Crippen molar-refractivity contribution < 1.29 is 4.39 Å². The summed E-state index contributed by atoms with van der Waals surface area (Å²) in [6.07, 6.45) is 0. The molecule has 102 valence electrons. The largest absolute Gasteiger partial charge is 0.305 e. The molecule has 0 amide bonds. The van der Waals surface area contributed by atoms with Crippen LogP contribution in [-0.4, -0.2) is 9.55 Å². The highest BCUT2D eigenvalue weighted by atomic mass is 79.9. The van der Waals surface area contributed by atoms with Crippen molar-refractivity contribution in [3.8, 4) is 0 Å². The molecule has 20 heavy (non-hydrogen) atoms. The monoisotopic (exact) mass is 334 g/mol. The Labute approximate surface area is 123 Å². The van der Waals surface area contributed by atoms with Gasteiger partial charge >= 0.3 is 0 Å². The van der Waals surface area contributed by atoms with Crippen molar-refractivity contribution in [3.05, 3.63) is 58.3 Å². The third-order valence-corrected chi connectivity index (χ3v) is 3.62. The van der Waals surface area contributed by atoms with Crippen molar-refractivity contribution in [2.75, 3.05) is 5.43 Å². The number of hydrogen-bond donors (Lipinski definition) is 2. The number of nitrogens with one attached hydrogen (secondary N) is 1. The summed E-state index contributed by atoms with van der Waals surface area (Å²) in [5.41, 5.74) is 4.86. The van der Waals surface area contributed by atoms with E-state index in [1.54, 1.807) is 6.07 Å². The Bertz CT molecular complexity index is 769. The van der Waals surface area contributed by atoms with Gasteiger partial charge in [0, 0.05) is 10.0 Å². The molecule has 0 aliphatic rings. The molecule has 3 rings (SSSR count). The summed E-state index contributed by atoms with van der Waals surface area (Å²) >= 11 is 3.25. The van der Waals surface area contributed by atoms with Gasteiger partial charge in [0.1, 0.15) is 5.82 Å². The van der Waals surface area contributed by atoms with Gasteiger partial charge in [-0.1, -0.05) is 34.1 Å². The Morgan fingerprint density at radius 2 is 2.05 bits per heavy atom. The molecule has 2 aromatic carbocycles. The molecule has 0 bridgehead atoms. The predicted molar refractivity (Wildman–Crippen MR) is 80.7 cm³/mol. The molecule has 0 saturated heterocycles. The number of aromatic nitrogens is 2. The minimum absolute atomic E-state index is 0.264. The predicted octanol–water partition coefficient (Wildman–Crippen LogP) is 3.27. The molecular weight excluding hydrogens is 323 g/mol. The lowest BCUT2D eigenvalue weighted by Gasteiger charge is -2.09. The molecule has 0 fully saturated rings. The van der Waals surface area contributed by atoms with Gasteiger partial charge in [0.25, 0.3) is 0 Å². The van der Waals surface area contributed by atoms with Gasteiger partial charge in [-0.05, 0) is 24.3 Å². The molecule has 0 aliphatic heterocycles. The quantitative estimate of drug-likeness (QED) is 0.571. The fraction of sp³-hybridized carbons (Fsp3) is 0.0714. The summed E-state index contributed by atoms with van der Waals surface area (Å²) < 4.78 is 16.5. The van der Waals surface area contributed by atoms with Crippen molar-refractivity contribution in [2.45, 2.75) is 6.54 Å². The van der Waals surface area contributed by atoms with Gasteiger partial charge in [0.2, 0.25) is 5.95 Å². The number of rotatable bonds is 3. The van der Waals surface area contributed by atoms with E-state index in [-0.39, 0.29) is 5.82 Å². The van der Waals surface area contributed by atoms with Gasteiger partial charge in [-0.2, -0.15) is 0 Å². The van der Waals surface area contributed by atoms with Crippen LogP contribution in [0, 0.1) is 5.82 Å². The Kier molecular flexibility index (Phi) is 3.42. The zero-order chi connectivity index (χ0) is 14.1. The number of para-hydroxylation sites is 2. The van der Waals surface area contributed by atoms with Crippen LogP contribution in [0.15, 0.2) is 46.9 Å². The third-order valence-electron chi connectivity index (χ3n) is 3.13. The van der Waals surface area contributed by atoms with Crippen LogP contribution in [0.5, 0.6) is 0 Å². The van der Waals surface area contributed by atoms with Crippen LogP contribution in [0.3, 0.4) is 0 Å². The molecule has 0 unspecified atom stereocenters. The lowest BCUT2D eigenvalue weighted by Crippen LogP contribution is -2.14. The molecule has 0 spiro atoms. The maximum atomic E-state index is 14.0. The molecule has 1 heterocycles. The first-order valence-corrected chi connectivity index (χ1v) is 6.84. The number of nitrogens with two attached hydrogens (primary N) is 1. The van der Waals surface area contributed by atoms with Crippen molar-refractivity contribution in [3.63, 3.8) is 0 Å². The fourth-order valence-corrected chi connectivity index (χ4v) is 2.50. The second-order valence-corrected chi connectivity index (χ2v) is 5.31. The zero-order valence-corrected chi connectivity index (χ0v) is 12.1. The molecule has 1 aromatic heterocycles. The van der Waals surface area contributed by atoms with Crippen molar-refractivity contribution in [2.24, 2.45) is 5.84 Å². The van der Waals surface area contributed by atoms with Gasteiger partial charge in [0.05, 0.1) is 17.6 Å². The first-order valence-electron chi connectivity index (χ1n) is 6.05. The second kappa shape index (κ2) is 5.22.